The summed E-state index contributed by atoms with van der Waals surface area (Å²) >= 11 is 0. The molecule has 5 aliphatic rings. The molecule has 0 bridgehead atoms. The second-order valence-corrected chi connectivity index (χ2v) is 13.1. The predicted octanol–water partition coefficient (Wildman–Crippen LogP) is 6.96. The summed E-state index contributed by atoms with van der Waals surface area (Å²) in [5.74, 6) is 1.32. The largest absolute Gasteiger partial charge is 0.392 e. The van der Waals surface area contributed by atoms with E-state index in [4.69, 9.17) is 0 Å². The van der Waals surface area contributed by atoms with E-state index >= 15 is 0 Å². The predicted molar refractivity (Wildman–Crippen MR) is 131 cm³/mol. The van der Waals surface area contributed by atoms with Gasteiger partial charge in [0.15, 0.2) is 0 Å². The van der Waals surface area contributed by atoms with E-state index in [-0.39, 0.29) is 33.7 Å². The molecule has 7 atom stereocenters. The lowest BCUT2D eigenvalue weighted by Gasteiger charge is -2.63. The van der Waals surface area contributed by atoms with Crippen LogP contribution in [0.4, 0.5) is 0 Å². The van der Waals surface area contributed by atoms with Gasteiger partial charge in [-0.15, -0.1) is 0 Å². The molecule has 2 nitrogen and oxygen atoms in total. The first-order chi connectivity index (χ1) is 14.8. The maximum atomic E-state index is 14.1. The van der Waals surface area contributed by atoms with Crippen LogP contribution in [0.5, 0.6) is 0 Å². The van der Waals surface area contributed by atoms with Crippen molar-refractivity contribution in [2.75, 3.05) is 0 Å². The van der Waals surface area contributed by atoms with Crippen molar-refractivity contribution in [3.8, 4) is 0 Å². The highest BCUT2D eigenvalue weighted by molar-refractivity contribution is 5.86. The Morgan fingerprint density at radius 3 is 2.44 bits per heavy atom. The Bertz CT molecular complexity index is 1010. The van der Waals surface area contributed by atoms with E-state index in [0.717, 1.165) is 32.1 Å². The third-order valence-electron chi connectivity index (χ3n) is 11.2. The van der Waals surface area contributed by atoms with Crippen LogP contribution in [-0.2, 0) is 4.79 Å². The number of fused-ring (bicyclic) bond motifs is 6. The lowest BCUT2D eigenvalue weighted by atomic mass is 9.40. The van der Waals surface area contributed by atoms with Crippen molar-refractivity contribution in [2.24, 2.45) is 39.4 Å². The Morgan fingerprint density at radius 2 is 1.78 bits per heavy atom. The summed E-state index contributed by atoms with van der Waals surface area (Å²) in [6.07, 6.45) is 10.0. The molecule has 0 saturated heterocycles. The molecule has 0 aromatic rings. The van der Waals surface area contributed by atoms with Crippen LogP contribution in [0.1, 0.15) is 87.0 Å². The molecule has 0 aromatic carbocycles. The average Bonchev–Trinajstić information content (AvgIpc) is 2.93. The van der Waals surface area contributed by atoms with Gasteiger partial charge in [-0.3, -0.25) is 4.79 Å². The highest BCUT2D eigenvalue weighted by Gasteiger charge is 2.68. The van der Waals surface area contributed by atoms with E-state index in [1.165, 1.54) is 22.3 Å². The molecule has 2 heteroatoms. The van der Waals surface area contributed by atoms with Crippen molar-refractivity contribution in [3.63, 3.8) is 0 Å². The van der Waals surface area contributed by atoms with Gasteiger partial charge in [0.1, 0.15) is 5.78 Å². The normalized spacial score (nSPS) is 47.1. The maximum Gasteiger partial charge on any atom is 0.138 e. The number of allylic oxidation sites excluding steroid dienone is 6. The summed E-state index contributed by atoms with van der Waals surface area (Å²) in [5, 5.41) is 10.8. The van der Waals surface area contributed by atoms with Crippen molar-refractivity contribution in [3.05, 3.63) is 46.6 Å². The van der Waals surface area contributed by atoms with Crippen molar-refractivity contribution >= 4 is 5.78 Å². The molecule has 2 fully saturated rings. The number of ketones is 1. The van der Waals surface area contributed by atoms with Crippen LogP contribution in [0.25, 0.3) is 0 Å². The number of hydrogen-bond acceptors (Lipinski definition) is 2. The van der Waals surface area contributed by atoms with Crippen molar-refractivity contribution < 1.29 is 9.90 Å². The number of aliphatic hydroxyl groups is 1. The monoisotopic (exact) mass is 434 g/mol. The number of Topliss-reactive ketones (excluding diaryl/α,β-unsaturated/α-hetero) is 1. The van der Waals surface area contributed by atoms with Gasteiger partial charge in [0, 0.05) is 29.1 Å². The molecule has 0 unspecified atom stereocenters. The SMILES string of the molecule is C=C(C)[C@H]1CC=C(C)C2=C1C[C@@]1(C)[C@@H]3CC=C4C(C)(C)[C@@H](O)CC[C@]4(C)[C@H]3C(=O)C[C@]21C. The smallest absolute Gasteiger partial charge is 0.138 e. The highest BCUT2D eigenvalue weighted by Crippen LogP contribution is 2.73. The van der Waals surface area contributed by atoms with E-state index in [2.05, 4.69) is 67.2 Å². The third kappa shape index (κ3) is 2.48. The molecule has 0 amide bonds. The molecule has 5 rings (SSSR count). The van der Waals surface area contributed by atoms with Gasteiger partial charge in [-0.1, -0.05) is 75.6 Å². The van der Waals surface area contributed by atoms with E-state index in [0.29, 0.717) is 24.0 Å². The Labute approximate surface area is 194 Å². The molecule has 0 spiro atoms. The lowest BCUT2D eigenvalue weighted by molar-refractivity contribution is -0.153. The number of rotatable bonds is 1. The zero-order valence-corrected chi connectivity index (χ0v) is 21.3. The Balaban J connectivity index is 1.65. The molecule has 0 radical (unpaired) electrons. The van der Waals surface area contributed by atoms with Gasteiger partial charge in [0.05, 0.1) is 6.10 Å². The molecule has 1 N–H and O–H groups in total. The first-order valence-electron chi connectivity index (χ1n) is 12.8. The van der Waals surface area contributed by atoms with Crippen molar-refractivity contribution in [2.45, 2.75) is 93.1 Å². The van der Waals surface area contributed by atoms with Crippen molar-refractivity contribution in [1.29, 1.82) is 0 Å². The zero-order valence-electron chi connectivity index (χ0n) is 21.3. The van der Waals surface area contributed by atoms with Crippen LogP contribution in [0.15, 0.2) is 46.6 Å². The van der Waals surface area contributed by atoms with Crippen LogP contribution in [0.2, 0.25) is 0 Å². The van der Waals surface area contributed by atoms with Gasteiger partial charge in [-0.2, -0.15) is 0 Å². The Hall–Kier alpha value is -1.41. The quantitative estimate of drug-likeness (QED) is 0.453. The van der Waals surface area contributed by atoms with E-state index < -0.39 is 0 Å². The molecule has 5 aliphatic carbocycles. The molecular formula is C30H42O2. The van der Waals surface area contributed by atoms with Gasteiger partial charge in [0.2, 0.25) is 0 Å². The summed E-state index contributed by atoms with van der Waals surface area (Å²) in [4.78, 5) is 14.1. The van der Waals surface area contributed by atoms with Crippen LogP contribution in [0, 0.1) is 39.4 Å². The third-order valence-corrected chi connectivity index (χ3v) is 11.2. The summed E-state index contributed by atoms with van der Waals surface area (Å²) in [7, 11) is 0. The standard InChI is InChI=1S/C30H42O2/c1-17(2)19-10-9-18(3)25-20(19)15-29(7)21-11-12-23-27(4,5)24(32)13-14-28(23,6)26(21)22(31)16-30(25,29)8/h9,12,19,21,24,26,32H,1,10-11,13-16H2,2-8H3/t19-,21-,24+,26-,28+,29+,30-/m1/s1. The van der Waals surface area contributed by atoms with Crippen LogP contribution < -0.4 is 0 Å². The lowest BCUT2D eigenvalue weighted by Crippen LogP contribution is -2.60. The number of carbonyl (C=O) groups is 1. The van der Waals surface area contributed by atoms with Gasteiger partial charge in [-0.25, -0.2) is 0 Å². The second kappa shape index (κ2) is 6.59. The minimum absolute atomic E-state index is 0.0706. The molecule has 2 saturated carbocycles. The van der Waals surface area contributed by atoms with E-state index in [9.17, 15) is 9.90 Å². The maximum absolute atomic E-state index is 14.1. The minimum Gasteiger partial charge on any atom is -0.392 e. The van der Waals surface area contributed by atoms with Crippen LogP contribution in [0.3, 0.4) is 0 Å². The first kappa shape index (κ1) is 22.4. The molecular weight excluding hydrogens is 392 g/mol. The van der Waals surface area contributed by atoms with Crippen LogP contribution >= 0.6 is 0 Å². The summed E-state index contributed by atoms with van der Waals surface area (Å²) < 4.78 is 0. The van der Waals surface area contributed by atoms with Gasteiger partial charge >= 0.3 is 0 Å². The Morgan fingerprint density at radius 1 is 1.09 bits per heavy atom. The fourth-order valence-electron chi connectivity index (χ4n) is 9.33. The molecule has 32 heavy (non-hydrogen) atoms. The second-order valence-electron chi connectivity index (χ2n) is 13.1. The number of carbonyl (C=O) groups excluding carboxylic acids is 1. The van der Waals surface area contributed by atoms with Gasteiger partial charge in [-0.05, 0) is 68.3 Å². The average molecular weight is 435 g/mol. The highest BCUT2D eigenvalue weighted by atomic mass is 16.3. The first-order valence-corrected chi connectivity index (χ1v) is 12.8. The molecule has 0 aromatic heterocycles. The summed E-state index contributed by atoms with van der Waals surface area (Å²) in [6.45, 7) is 20.4. The van der Waals surface area contributed by atoms with Crippen molar-refractivity contribution in [1.82, 2.24) is 0 Å². The molecule has 0 heterocycles. The van der Waals surface area contributed by atoms with Gasteiger partial charge < -0.3 is 5.11 Å². The minimum atomic E-state index is -0.317. The fourth-order valence-corrected chi connectivity index (χ4v) is 9.33. The zero-order chi connectivity index (χ0) is 23.4. The number of hydrogen-bond donors (Lipinski definition) is 1. The molecule has 174 valence electrons. The van der Waals surface area contributed by atoms with Gasteiger partial charge in [0.25, 0.3) is 0 Å². The topological polar surface area (TPSA) is 37.3 Å². The summed E-state index contributed by atoms with van der Waals surface area (Å²) in [5.41, 5.74) is 6.67. The Kier molecular flexibility index (Phi) is 4.61. The van der Waals surface area contributed by atoms with Crippen LogP contribution in [-0.4, -0.2) is 17.0 Å². The van der Waals surface area contributed by atoms with E-state index in [1.54, 1.807) is 5.57 Å². The molecule has 0 aliphatic heterocycles. The van der Waals surface area contributed by atoms with E-state index in [1.807, 2.05) is 0 Å². The number of aliphatic hydroxyl groups excluding tert-OH is 1. The summed E-state index contributed by atoms with van der Waals surface area (Å²) in [6, 6.07) is 0. The fraction of sp³-hybridized carbons (Fsp3) is 0.700.